The van der Waals surface area contributed by atoms with Gasteiger partial charge in [0.1, 0.15) is 5.03 Å². The highest BCUT2D eigenvalue weighted by molar-refractivity contribution is 8.77. The normalized spacial score (nSPS) is 14.2. The maximum absolute atomic E-state index is 13.7. The van der Waals surface area contributed by atoms with Gasteiger partial charge in [-0.25, -0.2) is 9.97 Å². The maximum atomic E-state index is 13.7. The number of methoxy groups -OCH3 is 1. The van der Waals surface area contributed by atoms with E-state index in [1.165, 1.54) is 23.0 Å². The number of hydrogen-bond donors (Lipinski definition) is 3. The number of aryl methyl sites for hydroxylation is 1. The second-order valence-corrected chi connectivity index (χ2v) is 19.0. The number of nitrogens with one attached hydrogen (secondary N) is 3. The summed E-state index contributed by atoms with van der Waals surface area (Å²) < 4.78 is 13.8. The highest BCUT2D eigenvalue weighted by Gasteiger charge is 2.36. The molecule has 0 saturated heterocycles. The number of nitrogens with zero attached hydrogens (tertiary/aromatic N) is 5. The predicted octanol–water partition coefficient (Wildman–Crippen LogP) is 8.32. The topological polar surface area (TPSA) is 169 Å². The first-order valence-electron chi connectivity index (χ1n) is 19.5. The summed E-state index contributed by atoms with van der Waals surface area (Å²) in [7, 11) is 6.40. The predicted molar refractivity (Wildman–Crippen MR) is 242 cm³/mol. The van der Waals surface area contributed by atoms with Crippen LogP contribution in [0.25, 0.3) is 10.1 Å². The van der Waals surface area contributed by atoms with Crippen molar-refractivity contribution < 1.29 is 28.7 Å². The summed E-state index contributed by atoms with van der Waals surface area (Å²) in [6, 6.07) is 24.1. The number of benzene rings is 3. The number of anilines is 3. The van der Waals surface area contributed by atoms with E-state index in [4.69, 9.17) is 9.47 Å². The van der Waals surface area contributed by atoms with Gasteiger partial charge in [0.05, 0.1) is 35.9 Å². The Morgan fingerprint density at radius 1 is 0.984 bits per heavy atom. The summed E-state index contributed by atoms with van der Waals surface area (Å²) in [4.78, 5) is 68.7. The van der Waals surface area contributed by atoms with E-state index in [1.807, 2.05) is 60.7 Å². The van der Waals surface area contributed by atoms with Crippen LogP contribution in [0.15, 0.2) is 101 Å². The van der Waals surface area contributed by atoms with Gasteiger partial charge < -0.3 is 30.0 Å². The van der Waals surface area contributed by atoms with Crippen LogP contribution in [0.1, 0.15) is 62.9 Å². The molecule has 3 aromatic heterocycles. The maximum Gasteiger partial charge on any atom is 0.291 e. The van der Waals surface area contributed by atoms with E-state index < -0.39 is 5.91 Å². The summed E-state index contributed by atoms with van der Waals surface area (Å²) in [5.41, 5.74) is 3.43. The molecule has 6 aromatic rings. The molecule has 2 aliphatic rings. The summed E-state index contributed by atoms with van der Waals surface area (Å²) in [5, 5.41) is 10.4. The van der Waals surface area contributed by atoms with Gasteiger partial charge in [-0.3, -0.25) is 29.1 Å². The minimum Gasteiger partial charge on any atom is -0.493 e. The molecule has 0 saturated carbocycles. The molecular formula is C44H42N8O6S3. The van der Waals surface area contributed by atoms with E-state index in [-0.39, 0.29) is 53.2 Å². The van der Waals surface area contributed by atoms with Gasteiger partial charge in [0, 0.05) is 71.9 Å². The van der Waals surface area contributed by atoms with Crippen molar-refractivity contribution in [2.75, 3.05) is 35.8 Å². The number of rotatable bonds is 15. The molecule has 3 N–H and O–H groups in total. The fraction of sp³-hybridized carbons (Fsp3) is 0.250. The number of thiophene rings is 1. The standard InChI is InChI=1S/C44H42N8O6S3/c1-44(2,61-60-39-13-7-8-16-45-39)25-47-41(54)36-20-27-18-28(14-15-35(27)59-36)48-42(55)40-50-37(24-51(40)3)49-38(53)12-9-17-58-34-22-31-30(21-33(34)57-4)43(56)52-29(23-46-31)19-26-10-5-6-11-32(26)52/h5-8,10-11,13-16,18,20-24,29H,9,12,17,19,25H2,1-4H3,(H,47,54)(H,48,55)(H,49,53)/t29-/m0/s1. The Kier molecular flexibility index (Phi) is 12.1. The van der Waals surface area contributed by atoms with Crippen molar-refractivity contribution in [2.24, 2.45) is 12.0 Å². The lowest BCUT2D eigenvalue weighted by atomic mass is 10.1. The van der Waals surface area contributed by atoms with Crippen molar-refractivity contribution in [3.63, 3.8) is 0 Å². The molecule has 17 heteroatoms. The SMILES string of the molecule is COc1cc2c(cc1OCCCC(=O)Nc1cn(C)c(C(=O)Nc3ccc4sc(C(=O)NCC(C)(C)SSc5ccccn5)cc4c3)n1)N=C[C@@H]1Cc3ccccc3N1C2=O. The molecule has 3 aromatic carbocycles. The van der Waals surface area contributed by atoms with Crippen LogP contribution in [0.4, 0.5) is 22.9 Å². The van der Waals surface area contributed by atoms with Gasteiger partial charge in [-0.05, 0) is 90.5 Å². The monoisotopic (exact) mass is 874 g/mol. The third kappa shape index (κ3) is 9.43. The van der Waals surface area contributed by atoms with Gasteiger partial charge in [-0.15, -0.1) is 11.3 Å². The Labute approximate surface area is 363 Å². The van der Waals surface area contributed by atoms with E-state index in [2.05, 4.69) is 44.8 Å². The van der Waals surface area contributed by atoms with Crippen LogP contribution in [-0.4, -0.2) is 75.4 Å². The van der Waals surface area contributed by atoms with Gasteiger partial charge in [0.25, 0.3) is 17.7 Å². The molecule has 14 nitrogen and oxygen atoms in total. The van der Waals surface area contributed by atoms with Crippen molar-refractivity contribution in [3.8, 4) is 11.5 Å². The van der Waals surface area contributed by atoms with Gasteiger partial charge in [0.2, 0.25) is 11.7 Å². The number of hydrogen-bond acceptors (Lipinski definition) is 12. The molecule has 2 aliphatic heterocycles. The Morgan fingerprint density at radius 3 is 2.64 bits per heavy atom. The smallest absolute Gasteiger partial charge is 0.291 e. The van der Waals surface area contributed by atoms with Crippen LogP contribution in [0.3, 0.4) is 0 Å². The zero-order valence-electron chi connectivity index (χ0n) is 33.8. The van der Waals surface area contributed by atoms with Gasteiger partial charge >= 0.3 is 0 Å². The van der Waals surface area contributed by atoms with Crippen molar-refractivity contribution in [2.45, 2.75) is 48.9 Å². The molecule has 8 rings (SSSR count). The van der Waals surface area contributed by atoms with Crippen molar-refractivity contribution >= 4 is 95.7 Å². The van der Waals surface area contributed by atoms with Crippen LogP contribution in [0.2, 0.25) is 0 Å². The molecule has 0 radical (unpaired) electrons. The number of amides is 4. The van der Waals surface area contributed by atoms with E-state index in [1.54, 1.807) is 70.3 Å². The highest BCUT2D eigenvalue weighted by Crippen LogP contribution is 2.42. The summed E-state index contributed by atoms with van der Waals surface area (Å²) >= 11 is 1.38. The fourth-order valence-electron chi connectivity index (χ4n) is 6.93. The van der Waals surface area contributed by atoms with Gasteiger partial charge in [-0.1, -0.05) is 35.1 Å². The zero-order valence-corrected chi connectivity index (χ0v) is 36.2. The lowest BCUT2D eigenvalue weighted by molar-refractivity contribution is -0.116. The van der Waals surface area contributed by atoms with Gasteiger partial charge in [0.15, 0.2) is 17.3 Å². The zero-order chi connectivity index (χ0) is 42.7. The number of carbonyl (C=O) groups excluding carboxylic acids is 4. The largest absolute Gasteiger partial charge is 0.493 e. The third-order valence-electron chi connectivity index (χ3n) is 9.94. The number of pyridine rings is 1. The first kappa shape index (κ1) is 41.6. The van der Waals surface area contributed by atoms with Crippen molar-refractivity contribution in [1.29, 1.82) is 0 Å². The Balaban J connectivity index is 0.815. The molecule has 61 heavy (non-hydrogen) atoms. The van der Waals surface area contributed by atoms with Crippen LogP contribution in [-0.2, 0) is 18.3 Å². The summed E-state index contributed by atoms with van der Waals surface area (Å²) in [6.07, 6.45) is 6.32. The molecule has 0 fully saturated rings. The fourth-order valence-corrected chi connectivity index (χ4v) is 9.97. The molecule has 312 valence electrons. The number of carbonyl (C=O) groups is 4. The number of para-hydroxylation sites is 1. The second kappa shape index (κ2) is 17.8. The average molecular weight is 875 g/mol. The molecule has 0 bridgehead atoms. The molecule has 0 aliphatic carbocycles. The molecule has 1 atom stereocenters. The van der Waals surface area contributed by atoms with E-state index in [9.17, 15) is 19.2 Å². The van der Waals surface area contributed by atoms with Crippen LogP contribution in [0.5, 0.6) is 11.5 Å². The van der Waals surface area contributed by atoms with Crippen LogP contribution >= 0.6 is 32.9 Å². The Bertz CT molecular complexity index is 2680. The number of aliphatic imine (C=N–C) groups is 1. The first-order chi connectivity index (χ1) is 29.4. The summed E-state index contributed by atoms with van der Waals surface area (Å²) in [6.45, 7) is 4.81. The lowest BCUT2D eigenvalue weighted by Crippen LogP contribution is -2.37. The molecule has 5 heterocycles. The first-order valence-corrected chi connectivity index (χ1v) is 22.4. The minimum atomic E-state index is -0.460. The Hall–Kier alpha value is -6.17. The van der Waals surface area contributed by atoms with Crippen molar-refractivity contribution in [1.82, 2.24) is 19.9 Å². The number of aromatic nitrogens is 3. The number of fused-ring (bicyclic) bond motifs is 5. The third-order valence-corrected chi connectivity index (χ3v) is 14.3. The molecule has 4 amide bonds. The van der Waals surface area contributed by atoms with E-state index >= 15 is 0 Å². The van der Waals surface area contributed by atoms with Crippen LogP contribution in [0, 0.1) is 0 Å². The van der Waals surface area contributed by atoms with Crippen LogP contribution < -0.4 is 30.3 Å². The lowest BCUT2D eigenvalue weighted by Gasteiger charge is -2.23. The summed E-state index contributed by atoms with van der Waals surface area (Å²) in [5.74, 6) is 0.0694. The number of ether oxygens (including phenoxy) is 2. The van der Waals surface area contributed by atoms with E-state index in [0.717, 1.165) is 26.4 Å². The molecule has 0 spiro atoms. The van der Waals surface area contributed by atoms with Crippen molar-refractivity contribution in [3.05, 3.63) is 113 Å². The molecule has 0 unspecified atom stereocenters. The van der Waals surface area contributed by atoms with E-state index in [0.29, 0.717) is 52.7 Å². The Morgan fingerprint density at radius 2 is 1.82 bits per heavy atom. The number of imidazole rings is 1. The second-order valence-electron chi connectivity index (χ2n) is 15.0. The average Bonchev–Trinajstić information content (AvgIpc) is 3.95. The minimum absolute atomic E-state index is 0.104. The highest BCUT2D eigenvalue weighted by atomic mass is 33.1. The molecular weight excluding hydrogens is 833 g/mol. The quantitative estimate of drug-likeness (QED) is 0.0674. The van der Waals surface area contributed by atoms with Gasteiger partial charge in [-0.2, -0.15) is 0 Å².